The molecule has 2 aromatic rings. The molecular weight excluding hydrogens is 272 g/mol. The monoisotopic (exact) mass is 280 g/mol. The summed E-state index contributed by atoms with van der Waals surface area (Å²) in [4.78, 5) is 3.80. The van der Waals surface area contributed by atoms with E-state index in [1.165, 1.54) is 0 Å². The number of nitriles is 2. The van der Waals surface area contributed by atoms with E-state index in [-0.39, 0.29) is 22.1 Å². The van der Waals surface area contributed by atoms with Crippen molar-refractivity contribution in [3.8, 4) is 12.1 Å². The molecule has 96 valence electrons. The van der Waals surface area contributed by atoms with Gasteiger partial charge in [0.2, 0.25) is 0 Å². The number of aromatic nitrogens is 1. The van der Waals surface area contributed by atoms with Gasteiger partial charge in [0.05, 0.1) is 5.56 Å². The zero-order valence-electron chi connectivity index (χ0n) is 10.3. The SMILES string of the molecule is N#Cc1c(N)nc(Cl)c(C#N)c1C=Cc1ccccc1. The summed E-state index contributed by atoms with van der Waals surface area (Å²) in [6, 6.07) is 13.4. The number of rotatable bonds is 2. The van der Waals surface area contributed by atoms with Gasteiger partial charge in [-0.25, -0.2) is 4.98 Å². The quantitative estimate of drug-likeness (QED) is 0.856. The first-order valence-corrected chi connectivity index (χ1v) is 6.07. The molecule has 2 N–H and O–H groups in total. The summed E-state index contributed by atoms with van der Waals surface area (Å²) in [7, 11) is 0. The van der Waals surface area contributed by atoms with E-state index in [1.54, 1.807) is 12.2 Å². The zero-order valence-corrected chi connectivity index (χ0v) is 11.1. The minimum atomic E-state index is -0.00304. The Hall–Kier alpha value is -2.82. The molecule has 5 heteroatoms. The number of hydrogen-bond acceptors (Lipinski definition) is 4. The van der Waals surface area contributed by atoms with Crippen LogP contribution in [0.3, 0.4) is 0 Å². The molecule has 0 saturated heterocycles. The van der Waals surface area contributed by atoms with Crippen LogP contribution in [0.15, 0.2) is 30.3 Å². The smallest absolute Gasteiger partial charge is 0.149 e. The maximum atomic E-state index is 9.15. The molecule has 0 unspecified atom stereocenters. The van der Waals surface area contributed by atoms with Crippen LogP contribution in [0.2, 0.25) is 5.15 Å². The van der Waals surface area contributed by atoms with Crippen molar-refractivity contribution in [2.24, 2.45) is 0 Å². The van der Waals surface area contributed by atoms with Crippen molar-refractivity contribution in [3.63, 3.8) is 0 Å². The topological polar surface area (TPSA) is 86.5 Å². The van der Waals surface area contributed by atoms with Crippen molar-refractivity contribution in [2.75, 3.05) is 5.73 Å². The van der Waals surface area contributed by atoms with Crippen LogP contribution in [-0.2, 0) is 0 Å². The van der Waals surface area contributed by atoms with E-state index in [2.05, 4.69) is 4.98 Å². The molecule has 0 atom stereocenters. The van der Waals surface area contributed by atoms with E-state index < -0.39 is 0 Å². The molecule has 0 aliphatic rings. The van der Waals surface area contributed by atoms with Crippen LogP contribution >= 0.6 is 11.6 Å². The number of nitrogens with zero attached hydrogens (tertiary/aromatic N) is 3. The van der Waals surface area contributed by atoms with E-state index in [0.29, 0.717) is 5.56 Å². The predicted molar refractivity (Wildman–Crippen MR) is 78.5 cm³/mol. The highest BCUT2D eigenvalue weighted by Gasteiger charge is 2.15. The number of hydrogen-bond donors (Lipinski definition) is 1. The summed E-state index contributed by atoms with van der Waals surface area (Å²) in [5.74, 6) is 0.0178. The lowest BCUT2D eigenvalue weighted by Gasteiger charge is -2.05. The van der Waals surface area contributed by atoms with Gasteiger partial charge in [-0.2, -0.15) is 10.5 Å². The Morgan fingerprint density at radius 3 is 2.30 bits per heavy atom. The van der Waals surface area contributed by atoms with Crippen molar-refractivity contribution in [2.45, 2.75) is 0 Å². The van der Waals surface area contributed by atoms with Crippen LogP contribution in [0.25, 0.3) is 12.2 Å². The molecule has 1 aromatic carbocycles. The van der Waals surface area contributed by atoms with E-state index in [1.807, 2.05) is 42.5 Å². The van der Waals surface area contributed by atoms with Crippen molar-refractivity contribution in [3.05, 3.63) is 57.7 Å². The van der Waals surface area contributed by atoms with Gasteiger partial charge in [0.25, 0.3) is 0 Å². The second kappa shape index (κ2) is 5.88. The highest BCUT2D eigenvalue weighted by Crippen LogP contribution is 2.26. The number of anilines is 1. The fraction of sp³-hybridized carbons (Fsp3) is 0. The van der Waals surface area contributed by atoms with Gasteiger partial charge < -0.3 is 5.73 Å². The van der Waals surface area contributed by atoms with Crippen molar-refractivity contribution in [1.82, 2.24) is 4.98 Å². The van der Waals surface area contributed by atoms with Crippen molar-refractivity contribution in [1.29, 1.82) is 10.5 Å². The lowest BCUT2D eigenvalue weighted by atomic mass is 10.0. The van der Waals surface area contributed by atoms with E-state index in [0.717, 1.165) is 5.56 Å². The van der Waals surface area contributed by atoms with Gasteiger partial charge >= 0.3 is 0 Å². The van der Waals surface area contributed by atoms with Crippen LogP contribution in [-0.4, -0.2) is 4.98 Å². The molecule has 0 aliphatic heterocycles. The number of nitrogen functional groups attached to an aromatic ring is 1. The Bertz CT molecular complexity index is 714. The molecule has 0 bridgehead atoms. The molecule has 0 saturated carbocycles. The summed E-state index contributed by atoms with van der Waals surface area (Å²) in [6.07, 6.45) is 3.43. The van der Waals surface area contributed by atoms with Gasteiger partial charge in [-0.1, -0.05) is 54.1 Å². The minimum Gasteiger partial charge on any atom is -0.383 e. The molecule has 20 heavy (non-hydrogen) atoms. The van der Waals surface area contributed by atoms with Gasteiger partial charge in [-0.05, 0) is 5.56 Å². The minimum absolute atomic E-state index is 0.00304. The van der Waals surface area contributed by atoms with Crippen LogP contribution in [0.1, 0.15) is 22.3 Å². The van der Waals surface area contributed by atoms with Gasteiger partial charge in [0, 0.05) is 5.56 Å². The highest BCUT2D eigenvalue weighted by molar-refractivity contribution is 6.31. The van der Waals surface area contributed by atoms with Gasteiger partial charge in [-0.3, -0.25) is 0 Å². The fourth-order valence-corrected chi connectivity index (χ4v) is 1.96. The average Bonchev–Trinajstić information content (AvgIpc) is 2.46. The average molecular weight is 281 g/mol. The van der Waals surface area contributed by atoms with E-state index in [9.17, 15) is 0 Å². The van der Waals surface area contributed by atoms with Crippen molar-refractivity contribution >= 4 is 29.6 Å². The lowest BCUT2D eigenvalue weighted by molar-refractivity contribution is 1.28. The zero-order chi connectivity index (χ0) is 14.5. The highest BCUT2D eigenvalue weighted by atomic mass is 35.5. The number of benzene rings is 1. The van der Waals surface area contributed by atoms with Gasteiger partial charge in [-0.15, -0.1) is 0 Å². The molecule has 0 amide bonds. The normalized spacial score (nSPS) is 10.2. The maximum Gasteiger partial charge on any atom is 0.149 e. The Morgan fingerprint density at radius 2 is 1.70 bits per heavy atom. The van der Waals surface area contributed by atoms with Gasteiger partial charge in [0.1, 0.15) is 28.7 Å². The van der Waals surface area contributed by atoms with Crippen LogP contribution < -0.4 is 5.73 Å². The second-order valence-corrected chi connectivity index (χ2v) is 4.28. The maximum absolute atomic E-state index is 9.15. The number of pyridine rings is 1. The molecular formula is C15H9ClN4. The fourth-order valence-electron chi connectivity index (χ4n) is 1.73. The first kappa shape index (κ1) is 13.6. The largest absolute Gasteiger partial charge is 0.383 e. The molecule has 1 heterocycles. The van der Waals surface area contributed by atoms with Crippen LogP contribution in [0.5, 0.6) is 0 Å². The Labute approximate surface area is 121 Å². The third-order valence-corrected chi connectivity index (χ3v) is 2.96. The molecule has 0 spiro atoms. The Kier molecular flexibility index (Phi) is 4.00. The standard InChI is InChI=1S/C15H9ClN4/c16-14-12(8-17)11(13(9-18)15(19)20-14)7-6-10-4-2-1-3-5-10/h1-7H,(H2,19,20). The van der Waals surface area contributed by atoms with Crippen LogP contribution in [0, 0.1) is 22.7 Å². The molecule has 0 aliphatic carbocycles. The third-order valence-electron chi connectivity index (χ3n) is 2.69. The lowest BCUT2D eigenvalue weighted by Crippen LogP contribution is -2.01. The Balaban J connectivity index is 2.59. The van der Waals surface area contributed by atoms with Crippen molar-refractivity contribution < 1.29 is 0 Å². The molecule has 0 radical (unpaired) electrons. The van der Waals surface area contributed by atoms with Crippen LogP contribution in [0.4, 0.5) is 5.82 Å². The Morgan fingerprint density at radius 1 is 1.05 bits per heavy atom. The number of nitrogens with two attached hydrogens (primary N) is 1. The summed E-state index contributed by atoms with van der Waals surface area (Å²) in [5, 5.41) is 18.3. The summed E-state index contributed by atoms with van der Waals surface area (Å²) >= 11 is 5.89. The molecule has 0 fully saturated rings. The first-order valence-electron chi connectivity index (χ1n) is 5.69. The third kappa shape index (κ3) is 2.61. The van der Waals surface area contributed by atoms with Gasteiger partial charge in [0.15, 0.2) is 0 Å². The second-order valence-electron chi connectivity index (χ2n) is 3.92. The number of halogens is 1. The van der Waals surface area contributed by atoms with E-state index in [4.69, 9.17) is 27.9 Å². The van der Waals surface area contributed by atoms with E-state index >= 15 is 0 Å². The molecule has 2 rings (SSSR count). The predicted octanol–water partition coefficient (Wildman–Crippen LogP) is 3.23. The molecule has 1 aromatic heterocycles. The summed E-state index contributed by atoms with van der Waals surface area (Å²) in [5.41, 5.74) is 7.28. The first-order chi connectivity index (χ1) is 9.67. The summed E-state index contributed by atoms with van der Waals surface area (Å²) in [6.45, 7) is 0. The molecule has 4 nitrogen and oxygen atoms in total. The summed E-state index contributed by atoms with van der Waals surface area (Å²) < 4.78 is 0.